The summed E-state index contributed by atoms with van der Waals surface area (Å²) in [5.41, 5.74) is 0. The molecule has 0 heterocycles. The van der Waals surface area contributed by atoms with Crippen LogP contribution in [0.4, 0.5) is 0 Å². The van der Waals surface area contributed by atoms with Gasteiger partial charge in [0.15, 0.2) is 0 Å². The van der Waals surface area contributed by atoms with Gasteiger partial charge in [-0.3, -0.25) is 0 Å². The van der Waals surface area contributed by atoms with Gasteiger partial charge < -0.3 is 0 Å². The highest BCUT2D eigenvalue weighted by molar-refractivity contribution is 9.10. The van der Waals surface area contributed by atoms with Crippen LogP contribution in [-0.2, 0) is 0 Å². The highest BCUT2D eigenvalue weighted by Crippen LogP contribution is 2.35. The summed E-state index contributed by atoms with van der Waals surface area (Å²) in [5, 5.41) is 0. The molecule has 0 unspecified atom stereocenters. The highest BCUT2D eigenvalue weighted by atomic mass is 79.9. The summed E-state index contributed by atoms with van der Waals surface area (Å²) in [6.45, 7) is 8.09. The van der Waals surface area contributed by atoms with E-state index in [1.807, 2.05) is 13.8 Å². The SMILES string of the molecule is CC(C)(Cl)C(C)(C)Br. The second-order valence-electron chi connectivity index (χ2n) is 2.94. The molecule has 0 aromatic rings. The summed E-state index contributed by atoms with van der Waals surface area (Å²) < 4.78 is 0.0154. The number of hydrogen-bond donors (Lipinski definition) is 0. The van der Waals surface area contributed by atoms with Crippen molar-refractivity contribution in [2.75, 3.05) is 0 Å². The number of rotatable bonds is 1. The van der Waals surface area contributed by atoms with Crippen molar-refractivity contribution < 1.29 is 0 Å². The van der Waals surface area contributed by atoms with Gasteiger partial charge in [-0.2, -0.15) is 0 Å². The van der Waals surface area contributed by atoms with Gasteiger partial charge in [-0.15, -0.1) is 11.6 Å². The molecule has 0 spiro atoms. The molecule has 0 aliphatic heterocycles. The van der Waals surface area contributed by atoms with Crippen LogP contribution >= 0.6 is 27.5 Å². The van der Waals surface area contributed by atoms with E-state index in [4.69, 9.17) is 11.6 Å². The summed E-state index contributed by atoms with van der Waals surface area (Å²) in [7, 11) is 0. The van der Waals surface area contributed by atoms with Gasteiger partial charge in [-0.05, 0) is 27.7 Å². The molecule has 0 rings (SSSR count). The van der Waals surface area contributed by atoms with Crippen molar-refractivity contribution in [2.45, 2.75) is 36.9 Å². The Kier molecular flexibility index (Phi) is 2.39. The van der Waals surface area contributed by atoms with Gasteiger partial charge in [0.05, 0.1) is 4.87 Å². The lowest BCUT2D eigenvalue weighted by molar-refractivity contribution is 0.553. The Morgan fingerprint density at radius 1 is 1.12 bits per heavy atom. The van der Waals surface area contributed by atoms with E-state index < -0.39 is 0 Å². The lowest BCUT2D eigenvalue weighted by Crippen LogP contribution is -2.33. The Bertz CT molecular complexity index is 63.5. The molecule has 0 radical (unpaired) electrons. The lowest BCUT2D eigenvalue weighted by atomic mass is 9.99. The van der Waals surface area contributed by atoms with Crippen molar-refractivity contribution in [1.29, 1.82) is 0 Å². The molecular formula is C6H12BrCl. The molecule has 0 atom stereocenters. The fourth-order valence-electron chi connectivity index (χ4n) is 0. The van der Waals surface area contributed by atoms with E-state index in [9.17, 15) is 0 Å². The summed E-state index contributed by atoms with van der Waals surface area (Å²) in [4.78, 5) is -0.174. The fraction of sp³-hybridized carbons (Fsp3) is 1.00. The van der Waals surface area contributed by atoms with Crippen molar-refractivity contribution in [2.24, 2.45) is 0 Å². The maximum absolute atomic E-state index is 5.96. The van der Waals surface area contributed by atoms with Crippen LogP contribution in [0.25, 0.3) is 0 Å². The average Bonchev–Trinajstić information content (AvgIpc) is 1.25. The van der Waals surface area contributed by atoms with E-state index in [-0.39, 0.29) is 9.20 Å². The molecule has 8 heavy (non-hydrogen) atoms. The molecule has 0 aromatic heterocycles. The maximum Gasteiger partial charge on any atom is 0.0537 e. The van der Waals surface area contributed by atoms with Gasteiger partial charge in [-0.1, -0.05) is 15.9 Å². The molecule has 0 saturated heterocycles. The zero-order valence-electron chi connectivity index (χ0n) is 5.76. The Hall–Kier alpha value is 0.770. The van der Waals surface area contributed by atoms with Crippen molar-refractivity contribution in [3.63, 3.8) is 0 Å². The van der Waals surface area contributed by atoms with E-state index in [2.05, 4.69) is 29.8 Å². The van der Waals surface area contributed by atoms with Crippen LogP contribution in [0, 0.1) is 0 Å². The highest BCUT2D eigenvalue weighted by Gasteiger charge is 2.31. The van der Waals surface area contributed by atoms with Crippen LogP contribution in [0.3, 0.4) is 0 Å². The topological polar surface area (TPSA) is 0 Å². The second-order valence-corrected chi connectivity index (χ2v) is 5.87. The van der Waals surface area contributed by atoms with E-state index >= 15 is 0 Å². The molecule has 0 bridgehead atoms. The standard InChI is InChI=1S/C6H12BrCl/c1-5(2,7)6(3,4)8/h1-4H3. The van der Waals surface area contributed by atoms with Crippen LogP contribution in [0.15, 0.2) is 0 Å². The van der Waals surface area contributed by atoms with Gasteiger partial charge >= 0.3 is 0 Å². The molecule has 0 aromatic carbocycles. The monoisotopic (exact) mass is 198 g/mol. The van der Waals surface area contributed by atoms with E-state index in [1.54, 1.807) is 0 Å². The summed E-state index contributed by atoms with van der Waals surface area (Å²) in [6.07, 6.45) is 0. The minimum atomic E-state index is -0.174. The van der Waals surface area contributed by atoms with Crippen molar-refractivity contribution in [1.82, 2.24) is 0 Å². The summed E-state index contributed by atoms with van der Waals surface area (Å²) in [6, 6.07) is 0. The largest absolute Gasteiger partial charge is 0.118 e. The second kappa shape index (κ2) is 2.18. The molecule has 0 nitrogen and oxygen atoms in total. The Morgan fingerprint density at radius 2 is 1.25 bits per heavy atom. The minimum Gasteiger partial charge on any atom is -0.118 e. The first-order valence-electron chi connectivity index (χ1n) is 2.63. The van der Waals surface area contributed by atoms with Crippen molar-refractivity contribution in [3.05, 3.63) is 0 Å². The first kappa shape index (κ1) is 8.77. The Labute approximate surface area is 64.7 Å². The molecule has 0 aliphatic rings. The number of hydrogen-bond acceptors (Lipinski definition) is 0. The maximum atomic E-state index is 5.96. The van der Waals surface area contributed by atoms with E-state index in [0.29, 0.717) is 0 Å². The first-order valence-corrected chi connectivity index (χ1v) is 3.80. The molecular weight excluding hydrogens is 187 g/mol. The van der Waals surface area contributed by atoms with E-state index in [1.165, 1.54) is 0 Å². The van der Waals surface area contributed by atoms with Gasteiger partial charge in [0.2, 0.25) is 0 Å². The molecule has 0 aliphatic carbocycles. The summed E-state index contributed by atoms with van der Waals surface area (Å²) >= 11 is 9.43. The van der Waals surface area contributed by atoms with Crippen LogP contribution in [0.2, 0.25) is 0 Å². The smallest absolute Gasteiger partial charge is 0.0537 e. The fourth-order valence-corrected chi connectivity index (χ4v) is 0. The normalized spacial score (nSPS) is 14.2. The van der Waals surface area contributed by atoms with E-state index in [0.717, 1.165) is 0 Å². The van der Waals surface area contributed by atoms with Gasteiger partial charge in [0.25, 0.3) is 0 Å². The van der Waals surface area contributed by atoms with Crippen LogP contribution in [0.1, 0.15) is 27.7 Å². The van der Waals surface area contributed by atoms with Crippen LogP contribution in [-0.4, -0.2) is 9.20 Å². The number of halogens is 2. The van der Waals surface area contributed by atoms with Crippen LogP contribution in [0.5, 0.6) is 0 Å². The third-order valence-corrected chi connectivity index (χ3v) is 3.11. The van der Waals surface area contributed by atoms with Crippen molar-refractivity contribution >= 4 is 27.5 Å². The quantitative estimate of drug-likeness (QED) is 0.569. The molecule has 0 fully saturated rings. The molecule has 50 valence electrons. The van der Waals surface area contributed by atoms with Crippen molar-refractivity contribution in [3.8, 4) is 0 Å². The zero-order valence-corrected chi connectivity index (χ0v) is 8.10. The molecule has 2 heteroatoms. The van der Waals surface area contributed by atoms with Gasteiger partial charge in [-0.25, -0.2) is 0 Å². The Morgan fingerprint density at radius 3 is 1.25 bits per heavy atom. The zero-order chi connectivity index (χ0) is 7.00. The average molecular weight is 200 g/mol. The van der Waals surface area contributed by atoms with Gasteiger partial charge in [0.1, 0.15) is 0 Å². The third-order valence-electron chi connectivity index (χ3n) is 1.41. The van der Waals surface area contributed by atoms with Crippen LogP contribution < -0.4 is 0 Å². The molecule has 0 N–H and O–H groups in total. The Balaban J connectivity index is 4.02. The predicted octanol–water partition coefficient (Wildman–Crippen LogP) is 3.18. The van der Waals surface area contributed by atoms with Gasteiger partial charge in [0, 0.05) is 4.32 Å². The predicted molar refractivity (Wildman–Crippen MR) is 42.9 cm³/mol. The molecule has 0 amide bonds. The minimum absolute atomic E-state index is 0.0154. The third kappa shape index (κ3) is 2.36. The molecule has 0 saturated carbocycles. The first-order chi connectivity index (χ1) is 3.25. The lowest BCUT2D eigenvalue weighted by Gasteiger charge is -2.30. The summed E-state index contributed by atoms with van der Waals surface area (Å²) in [5.74, 6) is 0. The number of alkyl halides is 2.